The van der Waals surface area contributed by atoms with Crippen molar-refractivity contribution in [3.05, 3.63) is 0 Å². The highest BCUT2D eigenvalue weighted by atomic mass is 14.4. The SMILES string of the molecule is CCCCCCCCCCCCC#C[N]. The van der Waals surface area contributed by atoms with Crippen LogP contribution in [-0.4, -0.2) is 0 Å². The summed E-state index contributed by atoms with van der Waals surface area (Å²) in [6.07, 6.45) is 14.4. The molecule has 0 aliphatic rings. The van der Waals surface area contributed by atoms with E-state index in [1.54, 1.807) is 0 Å². The van der Waals surface area contributed by atoms with Crippen LogP contribution in [0.3, 0.4) is 0 Å². The maximum Gasteiger partial charge on any atom is 0.0584 e. The fraction of sp³-hybridized carbons (Fsp3) is 0.857. The topological polar surface area (TPSA) is 22.3 Å². The third-order valence-electron chi connectivity index (χ3n) is 2.73. The first kappa shape index (κ1) is 14.4. The standard InChI is InChI=1S/C14H25N/c1-2-3-4-5-6-7-8-9-10-11-12-13-14-15/h2-12H2,1H3. The zero-order valence-corrected chi connectivity index (χ0v) is 10.2. The van der Waals surface area contributed by atoms with Gasteiger partial charge in [-0.3, -0.25) is 0 Å². The Morgan fingerprint density at radius 2 is 1.20 bits per heavy atom. The van der Waals surface area contributed by atoms with Crippen molar-refractivity contribution < 1.29 is 0 Å². The minimum atomic E-state index is 0.854. The molecule has 0 unspecified atom stereocenters. The molecule has 15 heavy (non-hydrogen) atoms. The normalized spacial score (nSPS) is 9.67. The fourth-order valence-electron chi connectivity index (χ4n) is 1.76. The van der Waals surface area contributed by atoms with Crippen molar-refractivity contribution in [1.29, 1.82) is 0 Å². The van der Waals surface area contributed by atoms with Crippen LogP contribution in [0.25, 0.3) is 0 Å². The van der Waals surface area contributed by atoms with Crippen molar-refractivity contribution >= 4 is 0 Å². The molecule has 1 nitrogen and oxygen atoms in total. The Hall–Kier alpha value is -0.640. The molecule has 0 fully saturated rings. The number of rotatable bonds is 10. The Morgan fingerprint density at radius 1 is 0.733 bits per heavy atom. The van der Waals surface area contributed by atoms with E-state index in [0.29, 0.717) is 0 Å². The van der Waals surface area contributed by atoms with Gasteiger partial charge < -0.3 is 0 Å². The fourth-order valence-corrected chi connectivity index (χ4v) is 1.76. The molecule has 86 valence electrons. The smallest absolute Gasteiger partial charge is 0.0584 e. The molecule has 0 saturated carbocycles. The first-order valence-electron chi connectivity index (χ1n) is 6.53. The van der Waals surface area contributed by atoms with E-state index >= 15 is 0 Å². The molecule has 0 aromatic heterocycles. The van der Waals surface area contributed by atoms with E-state index in [4.69, 9.17) is 5.73 Å². The van der Waals surface area contributed by atoms with Gasteiger partial charge in [0.1, 0.15) is 0 Å². The molecule has 0 amide bonds. The molecule has 0 aromatic carbocycles. The highest BCUT2D eigenvalue weighted by Crippen LogP contribution is 2.10. The molecular formula is C14H25N. The van der Waals surface area contributed by atoms with Gasteiger partial charge in [0, 0.05) is 6.42 Å². The second-order valence-corrected chi connectivity index (χ2v) is 4.22. The van der Waals surface area contributed by atoms with Gasteiger partial charge in [0.25, 0.3) is 0 Å². The molecule has 0 N–H and O–H groups in total. The van der Waals surface area contributed by atoms with Gasteiger partial charge in [0.15, 0.2) is 0 Å². The van der Waals surface area contributed by atoms with Gasteiger partial charge in [-0.1, -0.05) is 76.4 Å². The quantitative estimate of drug-likeness (QED) is 0.376. The van der Waals surface area contributed by atoms with Gasteiger partial charge in [-0.15, -0.1) is 0 Å². The monoisotopic (exact) mass is 207 g/mol. The van der Waals surface area contributed by atoms with E-state index in [1.165, 1.54) is 57.8 Å². The van der Waals surface area contributed by atoms with Crippen LogP contribution in [0.1, 0.15) is 77.6 Å². The van der Waals surface area contributed by atoms with E-state index in [1.807, 2.05) is 6.04 Å². The van der Waals surface area contributed by atoms with Crippen molar-refractivity contribution in [2.45, 2.75) is 77.6 Å². The summed E-state index contributed by atoms with van der Waals surface area (Å²) in [5.74, 6) is 2.68. The van der Waals surface area contributed by atoms with Crippen molar-refractivity contribution in [3.63, 3.8) is 0 Å². The van der Waals surface area contributed by atoms with Crippen LogP contribution in [-0.2, 0) is 0 Å². The Morgan fingerprint density at radius 3 is 1.67 bits per heavy atom. The van der Waals surface area contributed by atoms with E-state index in [-0.39, 0.29) is 0 Å². The summed E-state index contributed by atoms with van der Waals surface area (Å²) in [4.78, 5) is 0. The van der Waals surface area contributed by atoms with Crippen LogP contribution in [0.2, 0.25) is 0 Å². The van der Waals surface area contributed by atoms with E-state index in [0.717, 1.165) is 12.8 Å². The third-order valence-corrected chi connectivity index (χ3v) is 2.73. The van der Waals surface area contributed by atoms with E-state index in [2.05, 4.69) is 12.8 Å². The van der Waals surface area contributed by atoms with Gasteiger partial charge in [0.05, 0.1) is 6.04 Å². The summed E-state index contributed by atoms with van der Waals surface area (Å²) in [5.41, 5.74) is 8.25. The van der Waals surface area contributed by atoms with Crippen molar-refractivity contribution in [2.24, 2.45) is 0 Å². The second-order valence-electron chi connectivity index (χ2n) is 4.22. The summed E-state index contributed by atoms with van der Waals surface area (Å²) in [6.45, 7) is 2.26. The first-order valence-corrected chi connectivity index (χ1v) is 6.53. The third kappa shape index (κ3) is 13.4. The molecule has 0 rings (SSSR count). The van der Waals surface area contributed by atoms with Crippen LogP contribution < -0.4 is 5.73 Å². The maximum atomic E-state index is 8.25. The van der Waals surface area contributed by atoms with Crippen LogP contribution in [0.4, 0.5) is 0 Å². The summed E-state index contributed by atoms with van der Waals surface area (Å²) in [7, 11) is 0. The summed E-state index contributed by atoms with van der Waals surface area (Å²) >= 11 is 0. The lowest BCUT2D eigenvalue weighted by molar-refractivity contribution is 0.558. The van der Waals surface area contributed by atoms with Crippen molar-refractivity contribution in [2.75, 3.05) is 0 Å². The molecule has 0 aromatic rings. The molecular weight excluding hydrogens is 182 g/mol. The molecule has 0 atom stereocenters. The Balaban J connectivity index is 2.88. The molecule has 1 heteroatoms. The van der Waals surface area contributed by atoms with Gasteiger partial charge in [0.2, 0.25) is 0 Å². The molecule has 0 aliphatic heterocycles. The van der Waals surface area contributed by atoms with Crippen LogP contribution in [0, 0.1) is 12.0 Å². The summed E-state index contributed by atoms with van der Waals surface area (Å²) in [6, 6.07) is 1.95. The number of hydrogen-bond acceptors (Lipinski definition) is 0. The molecule has 0 heterocycles. The Labute approximate surface area is 95.8 Å². The van der Waals surface area contributed by atoms with E-state index < -0.39 is 0 Å². The highest BCUT2D eigenvalue weighted by Gasteiger charge is 1.91. The Kier molecular flexibility index (Phi) is 12.8. The van der Waals surface area contributed by atoms with Crippen LogP contribution >= 0.6 is 0 Å². The number of hydrogen-bond donors (Lipinski definition) is 0. The summed E-state index contributed by atoms with van der Waals surface area (Å²) < 4.78 is 0. The van der Waals surface area contributed by atoms with Gasteiger partial charge in [-0.2, -0.15) is 0 Å². The van der Waals surface area contributed by atoms with Gasteiger partial charge >= 0.3 is 0 Å². The van der Waals surface area contributed by atoms with Crippen LogP contribution in [0.15, 0.2) is 0 Å². The molecule has 2 radical (unpaired) electrons. The van der Waals surface area contributed by atoms with Crippen molar-refractivity contribution in [3.8, 4) is 12.0 Å². The zero-order valence-electron chi connectivity index (χ0n) is 10.2. The van der Waals surface area contributed by atoms with Gasteiger partial charge in [-0.25, -0.2) is 0 Å². The molecule has 0 aliphatic carbocycles. The molecule has 0 saturated heterocycles. The maximum absolute atomic E-state index is 8.25. The average molecular weight is 207 g/mol. The minimum Gasteiger partial charge on any atom is -0.0878 e. The highest BCUT2D eigenvalue weighted by molar-refractivity contribution is 4.92. The largest absolute Gasteiger partial charge is 0.0878 e. The average Bonchev–Trinajstić information content (AvgIpc) is 2.26. The second kappa shape index (κ2) is 13.4. The predicted molar refractivity (Wildman–Crippen MR) is 66.4 cm³/mol. The lowest BCUT2D eigenvalue weighted by Crippen LogP contribution is -1.81. The lowest BCUT2D eigenvalue weighted by atomic mass is 10.1. The van der Waals surface area contributed by atoms with Crippen molar-refractivity contribution in [1.82, 2.24) is 5.73 Å². The minimum absolute atomic E-state index is 0.854. The summed E-state index contributed by atoms with van der Waals surface area (Å²) in [5, 5.41) is 0. The first-order chi connectivity index (χ1) is 7.41. The van der Waals surface area contributed by atoms with Crippen LogP contribution in [0.5, 0.6) is 0 Å². The Bertz CT molecular complexity index is 164. The lowest BCUT2D eigenvalue weighted by Gasteiger charge is -2.00. The number of unbranched alkanes of at least 4 members (excludes halogenated alkanes) is 10. The number of nitrogens with zero attached hydrogens (tertiary/aromatic N) is 1. The molecule has 0 bridgehead atoms. The van der Waals surface area contributed by atoms with Gasteiger partial charge in [-0.05, 0) is 6.42 Å². The predicted octanol–water partition coefficient (Wildman–Crippen LogP) is 4.33. The zero-order chi connectivity index (χ0) is 11.2. The van der Waals surface area contributed by atoms with E-state index in [9.17, 15) is 0 Å². The molecule has 0 spiro atoms.